The number of carbonyl (C=O) groups is 2. The first-order valence-corrected chi connectivity index (χ1v) is 7.83. The van der Waals surface area contributed by atoms with Gasteiger partial charge in [0.1, 0.15) is 5.69 Å². The molecule has 0 unspecified atom stereocenters. The molecule has 0 fully saturated rings. The number of rotatable bonds is 6. The molecule has 0 radical (unpaired) electrons. The first-order chi connectivity index (χ1) is 12.0. The van der Waals surface area contributed by atoms with E-state index in [-0.39, 0.29) is 5.69 Å². The molecule has 2 amide bonds. The number of nitrogens with one attached hydrogen (secondary N) is 2. The van der Waals surface area contributed by atoms with E-state index in [1.165, 1.54) is 13.3 Å². The van der Waals surface area contributed by atoms with Crippen LogP contribution in [0.15, 0.2) is 42.6 Å². The fourth-order valence-corrected chi connectivity index (χ4v) is 1.93. The Morgan fingerprint density at radius 2 is 1.84 bits per heavy atom. The first kappa shape index (κ1) is 18.3. The summed E-state index contributed by atoms with van der Waals surface area (Å²) in [5, 5.41) is 0. The monoisotopic (exact) mass is 343 g/mol. The molecule has 1 aromatic carbocycles. The van der Waals surface area contributed by atoms with Crippen LogP contribution in [0.4, 0.5) is 0 Å². The number of hydrogen-bond donors (Lipinski definition) is 2. The number of pyridine rings is 1. The van der Waals surface area contributed by atoms with Crippen LogP contribution in [-0.2, 0) is 0 Å². The van der Waals surface area contributed by atoms with Crippen LogP contribution in [0.1, 0.15) is 34.7 Å². The van der Waals surface area contributed by atoms with Crippen LogP contribution in [0.3, 0.4) is 0 Å². The Labute approximate surface area is 146 Å². The minimum atomic E-state index is -0.502. The van der Waals surface area contributed by atoms with Gasteiger partial charge >= 0.3 is 0 Å². The second-order valence-corrected chi connectivity index (χ2v) is 5.69. The Morgan fingerprint density at radius 3 is 2.48 bits per heavy atom. The lowest BCUT2D eigenvalue weighted by Gasteiger charge is -2.13. The van der Waals surface area contributed by atoms with Crippen molar-refractivity contribution in [2.45, 2.75) is 13.8 Å². The summed E-state index contributed by atoms with van der Waals surface area (Å²) in [5.41, 5.74) is 5.19. The average molecular weight is 343 g/mol. The smallest absolute Gasteiger partial charge is 0.288 e. The van der Waals surface area contributed by atoms with Gasteiger partial charge in [0.15, 0.2) is 11.5 Å². The molecule has 0 saturated carbocycles. The van der Waals surface area contributed by atoms with E-state index >= 15 is 0 Å². The summed E-state index contributed by atoms with van der Waals surface area (Å²) >= 11 is 0. The second-order valence-electron chi connectivity index (χ2n) is 5.69. The molecule has 2 aromatic rings. The third kappa shape index (κ3) is 5.20. The Balaban J connectivity index is 2.00. The molecule has 1 heterocycles. The van der Waals surface area contributed by atoms with E-state index in [9.17, 15) is 9.59 Å². The van der Waals surface area contributed by atoms with Crippen molar-refractivity contribution in [3.05, 3.63) is 53.9 Å². The van der Waals surface area contributed by atoms with E-state index in [4.69, 9.17) is 9.47 Å². The summed E-state index contributed by atoms with van der Waals surface area (Å²) in [6.07, 6.45) is 1.50. The number of benzene rings is 1. The molecular formula is C18H21N3O4. The van der Waals surface area contributed by atoms with Crippen molar-refractivity contribution in [2.75, 3.05) is 13.7 Å². The number of hydrogen-bond acceptors (Lipinski definition) is 5. The fraction of sp³-hybridized carbons (Fsp3) is 0.278. The maximum atomic E-state index is 12.2. The van der Waals surface area contributed by atoms with Crippen molar-refractivity contribution in [1.82, 2.24) is 15.8 Å². The lowest BCUT2D eigenvalue weighted by atomic mass is 10.2. The van der Waals surface area contributed by atoms with Crippen LogP contribution in [0.2, 0.25) is 0 Å². The van der Waals surface area contributed by atoms with Gasteiger partial charge in [-0.05, 0) is 36.2 Å². The predicted molar refractivity (Wildman–Crippen MR) is 92.5 cm³/mol. The Kier molecular flexibility index (Phi) is 6.33. The zero-order chi connectivity index (χ0) is 18.2. The molecule has 7 heteroatoms. The van der Waals surface area contributed by atoms with E-state index in [1.807, 2.05) is 13.8 Å². The van der Waals surface area contributed by atoms with Crippen LogP contribution in [-0.4, -0.2) is 30.5 Å². The normalized spacial score (nSPS) is 10.2. The van der Waals surface area contributed by atoms with Crippen molar-refractivity contribution >= 4 is 11.8 Å². The number of methoxy groups -OCH3 is 1. The van der Waals surface area contributed by atoms with E-state index in [0.29, 0.717) is 29.6 Å². The molecule has 0 aliphatic rings. The molecule has 132 valence electrons. The maximum Gasteiger partial charge on any atom is 0.288 e. The van der Waals surface area contributed by atoms with Gasteiger partial charge < -0.3 is 9.47 Å². The molecule has 0 atom stereocenters. The van der Waals surface area contributed by atoms with Crippen LogP contribution >= 0.6 is 0 Å². The number of nitrogens with zero attached hydrogens (tertiary/aromatic N) is 1. The van der Waals surface area contributed by atoms with Crippen LogP contribution in [0, 0.1) is 5.92 Å². The van der Waals surface area contributed by atoms with Crippen molar-refractivity contribution in [1.29, 1.82) is 0 Å². The van der Waals surface area contributed by atoms with Gasteiger partial charge in [0.25, 0.3) is 11.8 Å². The third-order valence-corrected chi connectivity index (χ3v) is 3.19. The van der Waals surface area contributed by atoms with Gasteiger partial charge in [-0.1, -0.05) is 19.9 Å². The number of ether oxygens (including phenoxy) is 2. The van der Waals surface area contributed by atoms with Gasteiger partial charge in [0, 0.05) is 11.8 Å². The molecule has 7 nitrogen and oxygen atoms in total. The second kappa shape index (κ2) is 8.68. The Bertz CT molecular complexity index is 732. The van der Waals surface area contributed by atoms with Gasteiger partial charge in [-0.25, -0.2) is 0 Å². The largest absolute Gasteiger partial charge is 0.493 e. The molecule has 0 saturated heterocycles. The van der Waals surface area contributed by atoms with Crippen molar-refractivity contribution in [3.63, 3.8) is 0 Å². The standard InChI is InChI=1S/C18H21N3O4/c1-12(2)11-25-15-8-7-13(10-16(15)24-3)17(22)20-21-18(23)14-6-4-5-9-19-14/h4-10,12H,11H2,1-3H3,(H,20,22)(H,21,23). The van der Waals surface area contributed by atoms with Crippen molar-refractivity contribution in [2.24, 2.45) is 5.92 Å². The van der Waals surface area contributed by atoms with Crippen LogP contribution in [0.25, 0.3) is 0 Å². The van der Waals surface area contributed by atoms with Gasteiger partial charge in [0.2, 0.25) is 0 Å². The van der Waals surface area contributed by atoms with Gasteiger partial charge in [0.05, 0.1) is 13.7 Å². The highest BCUT2D eigenvalue weighted by Gasteiger charge is 2.13. The Morgan fingerprint density at radius 1 is 1.08 bits per heavy atom. The molecule has 25 heavy (non-hydrogen) atoms. The highest BCUT2D eigenvalue weighted by Crippen LogP contribution is 2.28. The summed E-state index contributed by atoms with van der Waals surface area (Å²) in [6, 6.07) is 9.75. The molecule has 1 aromatic heterocycles. The number of aromatic nitrogens is 1. The minimum absolute atomic E-state index is 0.206. The number of carbonyl (C=O) groups excluding carboxylic acids is 2. The van der Waals surface area contributed by atoms with Crippen molar-refractivity contribution < 1.29 is 19.1 Å². The molecule has 0 spiro atoms. The molecule has 2 rings (SSSR count). The molecule has 2 N–H and O–H groups in total. The Hall–Kier alpha value is -3.09. The topological polar surface area (TPSA) is 89.6 Å². The zero-order valence-electron chi connectivity index (χ0n) is 14.4. The maximum absolute atomic E-state index is 12.2. The fourth-order valence-electron chi connectivity index (χ4n) is 1.93. The summed E-state index contributed by atoms with van der Waals surface area (Å²) in [4.78, 5) is 28.0. The van der Waals surface area contributed by atoms with E-state index in [0.717, 1.165) is 0 Å². The van der Waals surface area contributed by atoms with Gasteiger partial charge in [-0.2, -0.15) is 0 Å². The molecule has 0 aliphatic heterocycles. The molecule has 0 bridgehead atoms. The van der Waals surface area contributed by atoms with Crippen molar-refractivity contribution in [3.8, 4) is 11.5 Å². The molecule has 0 aliphatic carbocycles. The quantitative estimate of drug-likeness (QED) is 0.785. The van der Waals surface area contributed by atoms with Crippen LogP contribution < -0.4 is 20.3 Å². The predicted octanol–water partition coefficient (Wildman–Crippen LogP) is 2.20. The third-order valence-electron chi connectivity index (χ3n) is 3.19. The summed E-state index contributed by atoms with van der Waals surface area (Å²) < 4.78 is 10.9. The lowest BCUT2D eigenvalue weighted by Crippen LogP contribution is -2.41. The summed E-state index contributed by atoms with van der Waals surface area (Å²) in [6.45, 7) is 4.62. The van der Waals surface area contributed by atoms with E-state index in [1.54, 1.807) is 36.4 Å². The highest BCUT2D eigenvalue weighted by molar-refractivity contribution is 5.98. The first-order valence-electron chi connectivity index (χ1n) is 7.83. The number of hydrazine groups is 1. The van der Waals surface area contributed by atoms with Gasteiger partial charge in [-0.3, -0.25) is 25.4 Å². The SMILES string of the molecule is COc1cc(C(=O)NNC(=O)c2ccccn2)ccc1OCC(C)C. The summed E-state index contributed by atoms with van der Waals surface area (Å²) in [7, 11) is 1.50. The number of amides is 2. The van der Waals surface area contributed by atoms with Gasteiger partial charge in [-0.15, -0.1) is 0 Å². The molecular weight excluding hydrogens is 322 g/mol. The van der Waals surface area contributed by atoms with E-state index < -0.39 is 11.8 Å². The van der Waals surface area contributed by atoms with Crippen LogP contribution in [0.5, 0.6) is 11.5 Å². The average Bonchev–Trinajstić information content (AvgIpc) is 2.64. The summed E-state index contributed by atoms with van der Waals surface area (Å²) in [5.74, 6) is 0.403. The zero-order valence-corrected chi connectivity index (χ0v) is 14.4. The lowest BCUT2D eigenvalue weighted by molar-refractivity contribution is 0.0843. The highest BCUT2D eigenvalue weighted by atomic mass is 16.5. The minimum Gasteiger partial charge on any atom is -0.493 e. The van der Waals surface area contributed by atoms with E-state index in [2.05, 4.69) is 15.8 Å².